The maximum absolute atomic E-state index is 12.4. The van der Waals surface area contributed by atoms with Gasteiger partial charge in [-0.2, -0.15) is 0 Å². The number of benzene rings is 2. The molecule has 0 aliphatic carbocycles. The molecule has 0 aliphatic heterocycles. The number of nitro groups is 1. The number of nitrogens with zero attached hydrogens (tertiary/aromatic N) is 1. The van der Waals surface area contributed by atoms with Crippen LogP contribution >= 0.6 is 23.2 Å². The number of H-pyrrole nitrogens is 1. The van der Waals surface area contributed by atoms with E-state index < -0.39 is 4.92 Å². The van der Waals surface area contributed by atoms with E-state index in [0.717, 1.165) is 5.56 Å². The fourth-order valence-electron chi connectivity index (χ4n) is 2.58. The third kappa shape index (κ3) is 3.92. The summed E-state index contributed by atoms with van der Waals surface area (Å²) in [7, 11) is 0. The molecule has 3 aromatic rings. The Hall–Kier alpha value is -2.57. The van der Waals surface area contributed by atoms with E-state index in [4.69, 9.17) is 23.2 Å². The van der Waals surface area contributed by atoms with Gasteiger partial charge in [0.15, 0.2) is 0 Å². The molecule has 8 heteroatoms. The molecule has 1 aromatic heterocycles. The van der Waals surface area contributed by atoms with Gasteiger partial charge in [0.2, 0.25) is 0 Å². The third-order valence-corrected chi connectivity index (χ3v) is 4.18. The summed E-state index contributed by atoms with van der Waals surface area (Å²) in [4.78, 5) is 25.7. The van der Waals surface area contributed by atoms with Gasteiger partial charge in [-0.1, -0.05) is 23.2 Å². The largest absolute Gasteiger partial charge is 0.360 e. The Morgan fingerprint density at radius 2 is 1.88 bits per heavy atom. The molecule has 2 N–H and O–H groups in total. The summed E-state index contributed by atoms with van der Waals surface area (Å²) in [5.41, 5.74) is 1.88. The van der Waals surface area contributed by atoms with Gasteiger partial charge < -0.3 is 10.3 Å². The van der Waals surface area contributed by atoms with Crippen molar-refractivity contribution in [2.75, 3.05) is 6.54 Å². The van der Waals surface area contributed by atoms with Gasteiger partial charge in [-0.25, -0.2) is 0 Å². The summed E-state index contributed by atoms with van der Waals surface area (Å²) < 4.78 is 0. The van der Waals surface area contributed by atoms with Crippen molar-refractivity contribution < 1.29 is 9.72 Å². The third-order valence-electron chi connectivity index (χ3n) is 3.74. The van der Waals surface area contributed by atoms with Crippen LogP contribution in [-0.4, -0.2) is 22.4 Å². The Kier molecular flexibility index (Phi) is 4.92. The van der Waals surface area contributed by atoms with Crippen molar-refractivity contribution in [3.8, 4) is 0 Å². The first-order valence-corrected chi connectivity index (χ1v) is 8.18. The molecule has 0 atom stereocenters. The first kappa shape index (κ1) is 17.3. The van der Waals surface area contributed by atoms with Gasteiger partial charge in [-0.05, 0) is 36.2 Å². The summed E-state index contributed by atoms with van der Waals surface area (Å²) in [6.07, 6.45) is 2.11. The molecule has 6 nitrogen and oxygen atoms in total. The number of amides is 1. The Bertz CT molecular complexity index is 949. The molecular weight excluding hydrogens is 365 g/mol. The lowest BCUT2D eigenvalue weighted by molar-refractivity contribution is -0.384. The van der Waals surface area contributed by atoms with Gasteiger partial charge in [0.25, 0.3) is 11.6 Å². The minimum atomic E-state index is -0.489. The lowest BCUT2D eigenvalue weighted by atomic mass is 10.1. The lowest BCUT2D eigenvalue weighted by Gasteiger charge is -2.06. The van der Waals surface area contributed by atoms with Gasteiger partial charge >= 0.3 is 0 Å². The minimum Gasteiger partial charge on any atom is -0.360 e. The number of aromatic amines is 1. The van der Waals surface area contributed by atoms with Crippen molar-refractivity contribution in [3.05, 3.63) is 73.9 Å². The molecule has 0 saturated carbocycles. The van der Waals surface area contributed by atoms with E-state index in [-0.39, 0.29) is 11.6 Å². The monoisotopic (exact) mass is 377 g/mol. The van der Waals surface area contributed by atoms with Crippen LogP contribution in [-0.2, 0) is 6.42 Å². The first-order valence-electron chi connectivity index (χ1n) is 7.43. The SMILES string of the molecule is O=C(NCCc1cc(Cl)cc(Cl)c1)c1c[nH]c2ccc([N+](=O)[O-])cc12. The number of nitro benzene ring substituents is 1. The molecule has 0 bridgehead atoms. The van der Waals surface area contributed by atoms with Gasteiger partial charge in [-0.15, -0.1) is 0 Å². The van der Waals surface area contributed by atoms with Crippen LogP contribution in [0.4, 0.5) is 5.69 Å². The molecule has 1 heterocycles. The second kappa shape index (κ2) is 7.13. The molecular formula is C17H13Cl2N3O3. The maximum Gasteiger partial charge on any atom is 0.270 e. The van der Waals surface area contributed by atoms with Gasteiger partial charge in [0, 0.05) is 45.8 Å². The molecule has 0 saturated heterocycles. The summed E-state index contributed by atoms with van der Waals surface area (Å²) in [6.45, 7) is 0.386. The molecule has 0 unspecified atom stereocenters. The zero-order valence-corrected chi connectivity index (χ0v) is 14.4. The van der Waals surface area contributed by atoms with Crippen LogP contribution in [0.5, 0.6) is 0 Å². The van der Waals surface area contributed by atoms with Gasteiger partial charge in [0.05, 0.1) is 10.5 Å². The molecule has 0 spiro atoms. The van der Waals surface area contributed by atoms with Crippen LogP contribution in [0.15, 0.2) is 42.6 Å². The fraction of sp³-hybridized carbons (Fsp3) is 0.118. The number of aromatic nitrogens is 1. The Morgan fingerprint density at radius 1 is 1.16 bits per heavy atom. The minimum absolute atomic E-state index is 0.0604. The van der Waals surface area contributed by atoms with Gasteiger partial charge in [-0.3, -0.25) is 14.9 Å². The summed E-state index contributed by atoms with van der Waals surface area (Å²) in [6, 6.07) is 9.58. The number of fused-ring (bicyclic) bond motifs is 1. The predicted molar refractivity (Wildman–Crippen MR) is 97.5 cm³/mol. The van der Waals surface area contributed by atoms with Crippen molar-refractivity contribution in [1.29, 1.82) is 0 Å². The predicted octanol–water partition coefficient (Wildman–Crippen LogP) is 4.36. The quantitative estimate of drug-likeness (QED) is 0.511. The summed E-state index contributed by atoms with van der Waals surface area (Å²) in [5.74, 6) is -0.306. The normalized spacial score (nSPS) is 10.8. The van der Waals surface area contributed by atoms with Gasteiger partial charge in [0.1, 0.15) is 0 Å². The van der Waals surface area contributed by atoms with E-state index in [1.54, 1.807) is 30.5 Å². The summed E-state index contributed by atoms with van der Waals surface area (Å²) >= 11 is 11.9. The van der Waals surface area contributed by atoms with Crippen LogP contribution in [0.25, 0.3) is 10.9 Å². The van der Waals surface area contributed by atoms with Crippen molar-refractivity contribution in [2.45, 2.75) is 6.42 Å². The van der Waals surface area contributed by atoms with E-state index in [1.807, 2.05) is 0 Å². The van der Waals surface area contributed by atoms with E-state index >= 15 is 0 Å². The molecule has 0 aliphatic rings. The highest BCUT2D eigenvalue weighted by atomic mass is 35.5. The number of nitrogens with one attached hydrogen (secondary N) is 2. The lowest BCUT2D eigenvalue weighted by Crippen LogP contribution is -2.25. The smallest absolute Gasteiger partial charge is 0.270 e. The van der Waals surface area contributed by atoms with E-state index in [2.05, 4.69) is 10.3 Å². The van der Waals surface area contributed by atoms with Crippen molar-refractivity contribution in [1.82, 2.24) is 10.3 Å². The number of halogens is 2. The van der Waals surface area contributed by atoms with E-state index in [0.29, 0.717) is 39.5 Å². The number of carbonyl (C=O) groups is 1. The van der Waals surface area contributed by atoms with Crippen molar-refractivity contribution in [2.24, 2.45) is 0 Å². The molecule has 25 heavy (non-hydrogen) atoms. The van der Waals surface area contributed by atoms with Crippen LogP contribution in [0.2, 0.25) is 10.0 Å². The zero-order chi connectivity index (χ0) is 18.0. The molecule has 3 rings (SSSR count). The van der Waals surface area contributed by atoms with Crippen LogP contribution in [0.1, 0.15) is 15.9 Å². The average molecular weight is 378 g/mol. The van der Waals surface area contributed by atoms with E-state index in [1.165, 1.54) is 12.1 Å². The zero-order valence-electron chi connectivity index (χ0n) is 12.9. The van der Waals surface area contributed by atoms with Crippen molar-refractivity contribution in [3.63, 3.8) is 0 Å². The van der Waals surface area contributed by atoms with Crippen LogP contribution < -0.4 is 5.32 Å². The molecule has 2 aromatic carbocycles. The molecule has 128 valence electrons. The maximum atomic E-state index is 12.4. The molecule has 0 radical (unpaired) electrons. The Balaban J connectivity index is 1.72. The van der Waals surface area contributed by atoms with Crippen molar-refractivity contribution >= 4 is 45.7 Å². The van der Waals surface area contributed by atoms with Crippen LogP contribution in [0, 0.1) is 10.1 Å². The second-order valence-electron chi connectivity index (χ2n) is 5.47. The highest BCUT2D eigenvalue weighted by Crippen LogP contribution is 2.24. The second-order valence-corrected chi connectivity index (χ2v) is 6.35. The Morgan fingerprint density at radius 3 is 2.56 bits per heavy atom. The summed E-state index contributed by atoms with van der Waals surface area (Å²) in [5, 5.41) is 15.3. The fourth-order valence-corrected chi connectivity index (χ4v) is 3.15. The molecule has 0 fully saturated rings. The average Bonchev–Trinajstić information content (AvgIpc) is 2.96. The molecule has 1 amide bonds. The van der Waals surface area contributed by atoms with Crippen LogP contribution in [0.3, 0.4) is 0 Å². The Labute approximate surface area is 152 Å². The first-order chi connectivity index (χ1) is 11.9. The number of rotatable bonds is 5. The number of carbonyl (C=O) groups excluding carboxylic acids is 1. The van der Waals surface area contributed by atoms with E-state index in [9.17, 15) is 14.9 Å². The highest BCUT2D eigenvalue weighted by Gasteiger charge is 2.15. The topological polar surface area (TPSA) is 88.0 Å². The standard InChI is InChI=1S/C17H13Cl2N3O3/c18-11-5-10(6-12(19)7-11)3-4-20-17(23)15-9-21-16-2-1-13(22(24)25)8-14(15)16/h1-2,5-9,21H,3-4H2,(H,20,23). The number of hydrogen-bond donors (Lipinski definition) is 2. The number of non-ortho nitro benzene ring substituents is 1. The number of hydrogen-bond acceptors (Lipinski definition) is 3. The highest BCUT2D eigenvalue weighted by molar-refractivity contribution is 6.34.